The molecule has 0 saturated carbocycles. The normalized spacial score (nSPS) is 10.5. The second kappa shape index (κ2) is 6.32. The Morgan fingerprint density at radius 2 is 1.74 bits per heavy atom. The highest BCUT2D eigenvalue weighted by Crippen LogP contribution is 2.18. The van der Waals surface area contributed by atoms with Crippen molar-refractivity contribution in [3.8, 4) is 0 Å². The first kappa shape index (κ1) is 13.5. The second-order valence-electron chi connectivity index (χ2n) is 4.68. The Bertz CT molecular complexity index is 495. The first-order chi connectivity index (χ1) is 9.24. The van der Waals surface area contributed by atoms with E-state index in [1.54, 1.807) is 0 Å². The average Bonchev–Trinajstić information content (AvgIpc) is 2.85. The Hall–Kier alpha value is -1.90. The lowest BCUT2D eigenvalue weighted by Gasteiger charge is -2.21. The lowest BCUT2D eigenvalue weighted by atomic mass is 10.2. The number of aryl methyl sites for hydroxylation is 1. The van der Waals surface area contributed by atoms with E-state index in [0.29, 0.717) is 0 Å². The summed E-state index contributed by atoms with van der Waals surface area (Å²) in [5.74, 6) is 0. The molecule has 0 aliphatic heterocycles. The minimum absolute atomic E-state index is 0.855. The van der Waals surface area contributed by atoms with E-state index in [1.807, 2.05) is 0 Å². The molecule has 1 aromatic carbocycles. The van der Waals surface area contributed by atoms with E-state index in [1.165, 1.54) is 11.4 Å². The summed E-state index contributed by atoms with van der Waals surface area (Å²) in [5, 5.41) is 3.45. The zero-order valence-electron chi connectivity index (χ0n) is 12.1. The summed E-state index contributed by atoms with van der Waals surface area (Å²) < 4.78 is 2.14. The van der Waals surface area contributed by atoms with E-state index in [2.05, 4.69) is 78.3 Å². The Kier molecular flexibility index (Phi) is 4.50. The van der Waals surface area contributed by atoms with Gasteiger partial charge in [0.1, 0.15) is 0 Å². The molecule has 1 heterocycles. The highest BCUT2D eigenvalue weighted by Gasteiger charge is 2.01. The fourth-order valence-corrected chi connectivity index (χ4v) is 2.25. The van der Waals surface area contributed by atoms with Crippen LogP contribution in [0.25, 0.3) is 0 Å². The SMILES string of the molecule is CCN(CC)c1ccc(NCc2cccn2C)cc1. The van der Waals surface area contributed by atoms with Crippen LogP contribution in [0, 0.1) is 0 Å². The van der Waals surface area contributed by atoms with Crippen molar-refractivity contribution >= 4 is 11.4 Å². The number of nitrogens with one attached hydrogen (secondary N) is 1. The highest BCUT2D eigenvalue weighted by atomic mass is 15.1. The summed E-state index contributed by atoms with van der Waals surface area (Å²) in [6.45, 7) is 7.32. The van der Waals surface area contributed by atoms with E-state index >= 15 is 0 Å². The van der Waals surface area contributed by atoms with Crippen LogP contribution < -0.4 is 10.2 Å². The molecule has 2 rings (SSSR count). The molecule has 0 radical (unpaired) electrons. The number of aromatic nitrogens is 1. The van der Waals surface area contributed by atoms with Crippen molar-refractivity contribution in [1.29, 1.82) is 0 Å². The molecule has 0 amide bonds. The monoisotopic (exact) mass is 257 g/mol. The van der Waals surface area contributed by atoms with Gasteiger partial charge in [0, 0.05) is 43.4 Å². The third-order valence-electron chi connectivity index (χ3n) is 3.52. The van der Waals surface area contributed by atoms with E-state index in [9.17, 15) is 0 Å². The third kappa shape index (κ3) is 3.31. The Morgan fingerprint density at radius 3 is 2.26 bits per heavy atom. The van der Waals surface area contributed by atoms with Gasteiger partial charge in [-0.25, -0.2) is 0 Å². The molecule has 3 heteroatoms. The van der Waals surface area contributed by atoms with Crippen molar-refractivity contribution in [3.05, 3.63) is 48.3 Å². The minimum Gasteiger partial charge on any atom is -0.379 e. The van der Waals surface area contributed by atoms with Gasteiger partial charge in [0.05, 0.1) is 6.54 Å². The number of rotatable bonds is 6. The molecular formula is C16H23N3. The zero-order valence-corrected chi connectivity index (χ0v) is 12.1. The molecule has 1 aromatic heterocycles. The molecule has 2 aromatic rings. The van der Waals surface area contributed by atoms with Crippen LogP contribution in [0.15, 0.2) is 42.6 Å². The van der Waals surface area contributed by atoms with Gasteiger partial charge in [0.25, 0.3) is 0 Å². The quantitative estimate of drug-likeness (QED) is 0.855. The van der Waals surface area contributed by atoms with Gasteiger partial charge in [-0.2, -0.15) is 0 Å². The Labute approximate surface area is 115 Å². The predicted octanol–water partition coefficient (Wildman–Crippen LogP) is 3.48. The smallest absolute Gasteiger partial charge is 0.0553 e. The topological polar surface area (TPSA) is 20.2 Å². The van der Waals surface area contributed by atoms with Gasteiger partial charge in [-0.05, 0) is 50.2 Å². The fourth-order valence-electron chi connectivity index (χ4n) is 2.25. The molecule has 1 N–H and O–H groups in total. The van der Waals surface area contributed by atoms with E-state index in [-0.39, 0.29) is 0 Å². The molecule has 0 spiro atoms. The summed E-state index contributed by atoms with van der Waals surface area (Å²) in [6.07, 6.45) is 2.07. The van der Waals surface area contributed by atoms with Crippen LogP contribution in [0.5, 0.6) is 0 Å². The molecule has 0 fully saturated rings. The van der Waals surface area contributed by atoms with E-state index in [4.69, 9.17) is 0 Å². The Morgan fingerprint density at radius 1 is 1.05 bits per heavy atom. The van der Waals surface area contributed by atoms with Gasteiger partial charge in [-0.15, -0.1) is 0 Å². The molecule has 0 atom stereocenters. The first-order valence-corrected chi connectivity index (χ1v) is 6.93. The van der Waals surface area contributed by atoms with Crippen LogP contribution in [-0.2, 0) is 13.6 Å². The molecule has 0 unspecified atom stereocenters. The molecule has 19 heavy (non-hydrogen) atoms. The van der Waals surface area contributed by atoms with Gasteiger partial charge in [-0.3, -0.25) is 0 Å². The lowest BCUT2D eigenvalue weighted by Crippen LogP contribution is -2.21. The summed E-state index contributed by atoms with van der Waals surface area (Å²) in [6, 6.07) is 12.9. The second-order valence-corrected chi connectivity index (χ2v) is 4.68. The summed E-state index contributed by atoms with van der Waals surface area (Å²) in [7, 11) is 2.07. The van der Waals surface area contributed by atoms with Gasteiger partial charge in [0.15, 0.2) is 0 Å². The maximum absolute atomic E-state index is 3.45. The molecule has 0 aliphatic carbocycles. The Balaban J connectivity index is 1.97. The van der Waals surface area contributed by atoms with Crippen LogP contribution >= 0.6 is 0 Å². The molecule has 0 saturated heterocycles. The summed E-state index contributed by atoms with van der Waals surface area (Å²) >= 11 is 0. The standard InChI is InChI=1S/C16H23N3/c1-4-19(5-2)15-10-8-14(9-11-15)17-13-16-7-6-12-18(16)3/h6-12,17H,4-5,13H2,1-3H3. The van der Waals surface area contributed by atoms with Crippen molar-refractivity contribution in [1.82, 2.24) is 4.57 Å². The van der Waals surface area contributed by atoms with Crippen LogP contribution in [0.2, 0.25) is 0 Å². The molecule has 102 valence electrons. The summed E-state index contributed by atoms with van der Waals surface area (Å²) in [5.41, 5.74) is 3.74. The zero-order chi connectivity index (χ0) is 13.7. The van der Waals surface area contributed by atoms with Crippen molar-refractivity contribution in [2.75, 3.05) is 23.3 Å². The van der Waals surface area contributed by atoms with E-state index in [0.717, 1.165) is 25.3 Å². The average molecular weight is 257 g/mol. The van der Waals surface area contributed by atoms with Crippen molar-refractivity contribution in [2.45, 2.75) is 20.4 Å². The number of benzene rings is 1. The van der Waals surface area contributed by atoms with Crippen molar-refractivity contribution < 1.29 is 0 Å². The van der Waals surface area contributed by atoms with Gasteiger partial charge >= 0.3 is 0 Å². The summed E-state index contributed by atoms with van der Waals surface area (Å²) in [4.78, 5) is 2.35. The van der Waals surface area contributed by atoms with Crippen molar-refractivity contribution in [2.24, 2.45) is 7.05 Å². The van der Waals surface area contributed by atoms with Crippen LogP contribution in [0.4, 0.5) is 11.4 Å². The third-order valence-corrected chi connectivity index (χ3v) is 3.52. The van der Waals surface area contributed by atoms with Gasteiger partial charge in [-0.1, -0.05) is 0 Å². The number of hydrogen-bond donors (Lipinski definition) is 1. The van der Waals surface area contributed by atoms with Crippen LogP contribution in [0.3, 0.4) is 0 Å². The van der Waals surface area contributed by atoms with Gasteiger partial charge in [0.2, 0.25) is 0 Å². The minimum atomic E-state index is 0.855. The fraction of sp³-hybridized carbons (Fsp3) is 0.375. The molecular weight excluding hydrogens is 234 g/mol. The largest absolute Gasteiger partial charge is 0.379 e. The maximum atomic E-state index is 3.45. The lowest BCUT2D eigenvalue weighted by molar-refractivity contribution is 0.842. The molecule has 0 bridgehead atoms. The van der Waals surface area contributed by atoms with Gasteiger partial charge < -0.3 is 14.8 Å². The number of anilines is 2. The molecule has 3 nitrogen and oxygen atoms in total. The number of nitrogens with zero attached hydrogens (tertiary/aromatic N) is 2. The highest BCUT2D eigenvalue weighted by molar-refractivity contribution is 5.55. The number of hydrogen-bond acceptors (Lipinski definition) is 2. The predicted molar refractivity (Wildman–Crippen MR) is 82.7 cm³/mol. The van der Waals surface area contributed by atoms with Crippen LogP contribution in [-0.4, -0.2) is 17.7 Å². The maximum Gasteiger partial charge on any atom is 0.0553 e. The van der Waals surface area contributed by atoms with Crippen LogP contribution in [0.1, 0.15) is 19.5 Å². The van der Waals surface area contributed by atoms with E-state index < -0.39 is 0 Å². The first-order valence-electron chi connectivity index (χ1n) is 6.93. The van der Waals surface area contributed by atoms with Crippen molar-refractivity contribution in [3.63, 3.8) is 0 Å². The molecule has 0 aliphatic rings.